The number of aromatic nitrogens is 3. The third kappa shape index (κ3) is 2.17. The number of rotatable bonds is 2. The Bertz CT molecular complexity index is 786. The van der Waals surface area contributed by atoms with E-state index in [1.165, 1.54) is 4.52 Å². The van der Waals surface area contributed by atoms with Gasteiger partial charge in [0.2, 0.25) is 0 Å². The van der Waals surface area contributed by atoms with E-state index in [-0.39, 0.29) is 11.0 Å². The summed E-state index contributed by atoms with van der Waals surface area (Å²) in [6, 6.07) is 12.3. The van der Waals surface area contributed by atoms with Crippen molar-refractivity contribution in [1.29, 1.82) is 0 Å². The summed E-state index contributed by atoms with van der Waals surface area (Å²) in [5.74, 6) is 0.0150. The van der Waals surface area contributed by atoms with Crippen LogP contribution < -0.4 is 4.74 Å². The maximum Gasteiger partial charge on any atom is 0.512 e. The van der Waals surface area contributed by atoms with Crippen LogP contribution in [0, 0.1) is 0 Å². The molecule has 0 unspecified atom stereocenters. The van der Waals surface area contributed by atoms with E-state index in [2.05, 4.69) is 10.1 Å². The van der Waals surface area contributed by atoms with Crippen LogP contribution in [0.15, 0.2) is 42.5 Å². The Labute approximate surface area is 118 Å². The molecule has 20 heavy (non-hydrogen) atoms. The average molecular weight is 290 g/mol. The quantitative estimate of drug-likeness (QED) is 0.734. The number of carboxylic acid groups (broad SMARTS) is 1. The normalized spacial score (nSPS) is 10.7. The van der Waals surface area contributed by atoms with E-state index < -0.39 is 6.16 Å². The van der Waals surface area contributed by atoms with Crippen LogP contribution in [0.2, 0.25) is 5.15 Å². The van der Waals surface area contributed by atoms with Crippen LogP contribution in [0.4, 0.5) is 4.79 Å². The molecule has 3 aromatic rings. The van der Waals surface area contributed by atoms with Gasteiger partial charge in [0, 0.05) is 5.56 Å². The lowest BCUT2D eigenvalue weighted by Gasteiger charge is -2.02. The van der Waals surface area contributed by atoms with Crippen LogP contribution in [0.5, 0.6) is 5.88 Å². The van der Waals surface area contributed by atoms with Crippen molar-refractivity contribution in [2.24, 2.45) is 0 Å². The molecule has 0 aliphatic heterocycles. The molecule has 0 aliphatic carbocycles. The second kappa shape index (κ2) is 4.82. The first-order chi connectivity index (χ1) is 9.65. The highest BCUT2D eigenvalue weighted by molar-refractivity contribution is 6.29. The minimum atomic E-state index is -1.44. The fourth-order valence-corrected chi connectivity index (χ4v) is 1.99. The molecular weight excluding hydrogens is 282 g/mol. The predicted molar refractivity (Wildman–Crippen MR) is 72.1 cm³/mol. The molecule has 2 aromatic heterocycles. The second-order valence-corrected chi connectivity index (χ2v) is 4.31. The minimum Gasteiger partial charge on any atom is -0.449 e. The molecule has 3 rings (SSSR count). The highest BCUT2D eigenvalue weighted by Crippen LogP contribution is 2.30. The molecular formula is C13H8ClN3O3. The van der Waals surface area contributed by atoms with Crippen molar-refractivity contribution in [1.82, 2.24) is 14.6 Å². The summed E-state index contributed by atoms with van der Waals surface area (Å²) in [4.78, 5) is 15.2. The van der Waals surface area contributed by atoms with Crippen molar-refractivity contribution >= 4 is 23.4 Å². The molecule has 0 spiro atoms. The summed E-state index contributed by atoms with van der Waals surface area (Å²) >= 11 is 5.82. The number of benzene rings is 1. The molecule has 0 bridgehead atoms. The molecule has 0 amide bonds. The Kier molecular flexibility index (Phi) is 3.00. The minimum absolute atomic E-state index is 0.0150. The zero-order valence-corrected chi connectivity index (χ0v) is 10.8. The van der Waals surface area contributed by atoms with Crippen LogP contribution >= 0.6 is 11.6 Å². The molecule has 0 atom stereocenters. The summed E-state index contributed by atoms with van der Waals surface area (Å²) in [6.45, 7) is 0. The summed E-state index contributed by atoms with van der Waals surface area (Å²) in [7, 11) is 0. The van der Waals surface area contributed by atoms with E-state index in [1.807, 2.05) is 18.2 Å². The maximum absolute atomic E-state index is 10.9. The highest BCUT2D eigenvalue weighted by atomic mass is 35.5. The fraction of sp³-hybridized carbons (Fsp3) is 0. The molecule has 1 N–H and O–H groups in total. The first-order valence-corrected chi connectivity index (χ1v) is 6.04. The van der Waals surface area contributed by atoms with Gasteiger partial charge in [0.1, 0.15) is 10.8 Å². The smallest absolute Gasteiger partial charge is 0.449 e. The lowest BCUT2D eigenvalue weighted by molar-refractivity contribution is 0.142. The van der Waals surface area contributed by atoms with Crippen LogP contribution in [0.25, 0.3) is 16.9 Å². The van der Waals surface area contributed by atoms with Gasteiger partial charge in [0.15, 0.2) is 5.65 Å². The Morgan fingerprint density at radius 1 is 1.20 bits per heavy atom. The number of fused-ring (bicyclic) bond motifs is 1. The molecule has 7 heteroatoms. The monoisotopic (exact) mass is 289 g/mol. The molecule has 1 aromatic carbocycles. The summed E-state index contributed by atoms with van der Waals surface area (Å²) < 4.78 is 6.07. The molecule has 6 nitrogen and oxygen atoms in total. The molecule has 0 fully saturated rings. The summed E-state index contributed by atoms with van der Waals surface area (Å²) in [5.41, 5.74) is 1.57. The second-order valence-electron chi connectivity index (χ2n) is 3.93. The van der Waals surface area contributed by atoms with Crippen molar-refractivity contribution < 1.29 is 14.6 Å². The van der Waals surface area contributed by atoms with Crippen molar-refractivity contribution in [3.63, 3.8) is 0 Å². The van der Waals surface area contributed by atoms with Gasteiger partial charge in [-0.1, -0.05) is 41.9 Å². The van der Waals surface area contributed by atoms with Gasteiger partial charge in [-0.05, 0) is 12.1 Å². The number of ether oxygens (including phenoxy) is 1. The van der Waals surface area contributed by atoms with Crippen LogP contribution in [0.1, 0.15) is 0 Å². The van der Waals surface area contributed by atoms with E-state index in [1.54, 1.807) is 24.3 Å². The molecule has 100 valence electrons. The van der Waals surface area contributed by atoms with Crippen LogP contribution in [-0.2, 0) is 0 Å². The molecule has 0 saturated carbocycles. The zero-order valence-electron chi connectivity index (χ0n) is 10.0. The van der Waals surface area contributed by atoms with E-state index in [9.17, 15) is 4.79 Å². The van der Waals surface area contributed by atoms with Crippen molar-refractivity contribution in [3.8, 4) is 17.1 Å². The van der Waals surface area contributed by atoms with Crippen molar-refractivity contribution in [2.45, 2.75) is 0 Å². The zero-order chi connectivity index (χ0) is 14.1. The third-order valence-corrected chi connectivity index (χ3v) is 2.84. The van der Waals surface area contributed by atoms with Crippen molar-refractivity contribution in [3.05, 3.63) is 47.6 Å². The lowest BCUT2D eigenvalue weighted by Crippen LogP contribution is -2.07. The topological polar surface area (TPSA) is 76.7 Å². The molecule has 0 saturated heterocycles. The van der Waals surface area contributed by atoms with Gasteiger partial charge in [-0.3, -0.25) is 0 Å². The fourth-order valence-electron chi connectivity index (χ4n) is 1.85. The van der Waals surface area contributed by atoms with Gasteiger partial charge in [-0.25, -0.2) is 9.78 Å². The summed E-state index contributed by atoms with van der Waals surface area (Å²) in [6.07, 6.45) is -1.44. The number of halogens is 1. The standard InChI is InChI=1S/C13H8ClN3O3/c14-9-6-7-10-15-11(8-4-2-1-3-5-8)12(17(10)16-9)20-13(18)19/h1-7H,(H,18,19). The number of nitrogens with zero attached hydrogens (tertiary/aromatic N) is 3. The van der Waals surface area contributed by atoms with Crippen LogP contribution in [-0.4, -0.2) is 25.9 Å². The number of carbonyl (C=O) groups is 1. The molecule has 2 heterocycles. The van der Waals surface area contributed by atoms with E-state index in [0.717, 1.165) is 5.56 Å². The number of hydrogen-bond acceptors (Lipinski definition) is 4. The van der Waals surface area contributed by atoms with Gasteiger partial charge >= 0.3 is 6.16 Å². The Hall–Kier alpha value is -2.60. The Balaban J connectivity index is 2.28. The van der Waals surface area contributed by atoms with E-state index >= 15 is 0 Å². The average Bonchev–Trinajstić information content (AvgIpc) is 2.77. The summed E-state index contributed by atoms with van der Waals surface area (Å²) in [5, 5.41) is 13.1. The SMILES string of the molecule is O=C(O)Oc1c(-c2ccccc2)nc2ccc(Cl)nn12. The van der Waals surface area contributed by atoms with Gasteiger partial charge in [0.25, 0.3) is 5.88 Å². The highest BCUT2D eigenvalue weighted by Gasteiger charge is 2.19. The lowest BCUT2D eigenvalue weighted by atomic mass is 10.2. The third-order valence-electron chi connectivity index (χ3n) is 2.63. The number of imidazole rings is 1. The largest absolute Gasteiger partial charge is 0.512 e. The van der Waals surface area contributed by atoms with Gasteiger partial charge in [-0.15, -0.1) is 0 Å². The Morgan fingerprint density at radius 2 is 1.95 bits per heavy atom. The van der Waals surface area contributed by atoms with Gasteiger partial charge in [0.05, 0.1) is 0 Å². The predicted octanol–water partition coefficient (Wildman–Crippen LogP) is 3.11. The van der Waals surface area contributed by atoms with E-state index in [4.69, 9.17) is 21.4 Å². The number of hydrogen-bond donors (Lipinski definition) is 1. The van der Waals surface area contributed by atoms with Gasteiger partial charge < -0.3 is 9.84 Å². The molecule has 0 aliphatic rings. The first-order valence-electron chi connectivity index (χ1n) is 5.66. The first kappa shape index (κ1) is 12.4. The maximum atomic E-state index is 10.9. The van der Waals surface area contributed by atoms with Crippen molar-refractivity contribution in [2.75, 3.05) is 0 Å². The van der Waals surface area contributed by atoms with Gasteiger partial charge in [-0.2, -0.15) is 9.61 Å². The molecule has 0 radical (unpaired) electrons. The van der Waals surface area contributed by atoms with Crippen LogP contribution in [0.3, 0.4) is 0 Å². The van der Waals surface area contributed by atoms with E-state index in [0.29, 0.717) is 11.3 Å². The Morgan fingerprint density at radius 3 is 2.65 bits per heavy atom.